The molecule has 2 N–H and O–H groups in total. The largest absolute Gasteiger partial charge is 0.497 e. The van der Waals surface area contributed by atoms with E-state index in [1.165, 1.54) is 27.5 Å². The Morgan fingerprint density at radius 1 is 0.875 bits per heavy atom. The second kappa shape index (κ2) is 10.2. The maximum absolute atomic E-state index is 12.5. The molecule has 1 amide bonds. The van der Waals surface area contributed by atoms with Gasteiger partial charge in [0.05, 0.1) is 47.5 Å². The standard InChI is InChI=1S/C22H24N4O6/c1-28-14-6-7-18(29-2)15(9-14)16-10-17(25-24-16)22(27)26-23-12-13-8-20(31-4)21(32-5)11-19(13)30-3/h6-12H,1-5H3,(H,24,25)(H,26,27). The van der Waals surface area contributed by atoms with Crippen molar-refractivity contribution >= 4 is 12.1 Å². The van der Waals surface area contributed by atoms with E-state index in [4.69, 9.17) is 23.7 Å². The Balaban J connectivity index is 1.77. The highest BCUT2D eigenvalue weighted by atomic mass is 16.5. The number of nitrogens with one attached hydrogen (secondary N) is 2. The van der Waals surface area contributed by atoms with Crippen LogP contribution in [0.5, 0.6) is 28.7 Å². The maximum atomic E-state index is 12.5. The van der Waals surface area contributed by atoms with Gasteiger partial charge in [-0.25, -0.2) is 5.43 Å². The number of carbonyl (C=O) groups excluding carboxylic acids is 1. The summed E-state index contributed by atoms with van der Waals surface area (Å²) in [5, 5.41) is 10.9. The van der Waals surface area contributed by atoms with Crippen LogP contribution in [0.15, 0.2) is 41.5 Å². The van der Waals surface area contributed by atoms with Crippen LogP contribution in [-0.4, -0.2) is 57.9 Å². The number of rotatable bonds is 9. The number of ether oxygens (including phenoxy) is 5. The van der Waals surface area contributed by atoms with Gasteiger partial charge in [-0.3, -0.25) is 9.89 Å². The van der Waals surface area contributed by atoms with Gasteiger partial charge in [0, 0.05) is 17.2 Å². The number of nitrogens with zero attached hydrogens (tertiary/aromatic N) is 2. The van der Waals surface area contributed by atoms with E-state index < -0.39 is 5.91 Å². The quantitative estimate of drug-likeness (QED) is 0.388. The zero-order valence-electron chi connectivity index (χ0n) is 18.4. The number of carbonyl (C=O) groups is 1. The fraction of sp³-hybridized carbons (Fsp3) is 0.227. The molecule has 0 saturated heterocycles. The van der Waals surface area contributed by atoms with Gasteiger partial charge in [0.1, 0.15) is 22.9 Å². The minimum atomic E-state index is -0.471. The van der Waals surface area contributed by atoms with Crippen molar-refractivity contribution in [2.75, 3.05) is 35.5 Å². The molecule has 3 aromatic rings. The zero-order chi connectivity index (χ0) is 23.1. The molecule has 3 rings (SSSR count). The van der Waals surface area contributed by atoms with Crippen molar-refractivity contribution in [3.8, 4) is 40.0 Å². The van der Waals surface area contributed by atoms with Crippen molar-refractivity contribution in [2.24, 2.45) is 5.10 Å². The summed E-state index contributed by atoms with van der Waals surface area (Å²) in [7, 11) is 7.71. The third-order valence-corrected chi connectivity index (χ3v) is 4.61. The first-order chi connectivity index (χ1) is 15.5. The fourth-order valence-electron chi connectivity index (χ4n) is 2.96. The van der Waals surface area contributed by atoms with Crippen LogP contribution in [0.25, 0.3) is 11.3 Å². The molecular weight excluding hydrogens is 416 g/mol. The average Bonchev–Trinajstić information content (AvgIpc) is 3.33. The monoisotopic (exact) mass is 440 g/mol. The third kappa shape index (κ3) is 4.75. The first-order valence-electron chi connectivity index (χ1n) is 9.45. The van der Waals surface area contributed by atoms with Crippen molar-refractivity contribution < 1.29 is 28.5 Å². The highest BCUT2D eigenvalue weighted by Gasteiger charge is 2.15. The number of hydrogen-bond acceptors (Lipinski definition) is 8. The Hall–Kier alpha value is -4.21. The van der Waals surface area contributed by atoms with Crippen LogP contribution in [-0.2, 0) is 0 Å². The summed E-state index contributed by atoms with van der Waals surface area (Å²) < 4.78 is 26.5. The summed E-state index contributed by atoms with van der Waals surface area (Å²) in [6.45, 7) is 0. The van der Waals surface area contributed by atoms with Crippen LogP contribution in [0.1, 0.15) is 16.1 Å². The van der Waals surface area contributed by atoms with Crippen LogP contribution in [0, 0.1) is 0 Å². The maximum Gasteiger partial charge on any atom is 0.289 e. The van der Waals surface area contributed by atoms with Gasteiger partial charge >= 0.3 is 0 Å². The Bertz CT molecular complexity index is 1130. The Kier molecular flexibility index (Phi) is 7.17. The van der Waals surface area contributed by atoms with Gasteiger partial charge in [-0.1, -0.05) is 0 Å². The number of benzene rings is 2. The summed E-state index contributed by atoms with van der Waals surface area (Å²) >= 11 is 0. The van der Waals surface area contributed by atoms with E-state index in [-0.39, 0.29) is 5.69 Å². The SMILES string of the molecule is COc1ccc(OC)c(-c2cc(C(=O)NN=Cc3cc(OC)c(OC)cc3OC)[nH]n2)c1. The van der Waals surface area contributed by atoms with E-state index >= 15 is 0 Å². The second-order valence-corrected chi connectivity index (χ2v) is 6.38. The third-order valence-electron chi connectivity index (χ3n) is 4.61. The lowest BCUT2D eigenvalue weighted by atomic mass is 10.1. The van der Waals surface area contributed by atoms with Crippen molar-refractivity contribution in [3.05, 3.63) is 47.7 Å². The number of hydrazone groups is 1. The molecule has 10 heteroatoms. The van der Waals surface area contributed by atoms with Crippen LogP contribution in [0.3, 0.4) is 0 Å². The molecule has 0 radical (unpaired) electrons. The first-order valence-corrected chi connectivity index (χ1v) is 9.45. The Labute approximate surface area is 185 Å². The molecule has 0 unspecified atom stereocenters. The molecule has 0 bridgehead atoms. The zero-order valence-corrected chi connectivity index (χ0v) is 18.4. The van der Waals surface area contributed by atoms with E-state index in [2.05, 4.69) is 20.7 Å². The molecule has 0 aliphatic rings. The van der Waals surface area contributed by atoms with E-state index in [9.17, 15) is 4.79 Å². The van der Waals surface area contributed by atoms with Gasteiger partial charge in [-0.05, 0) is 30.3 Å². The van der Waals surface area contributed by atoms with Crippen molar-refractivity contribution in [1.29, 1.82) is 0 Å². The van der Waals surface area contributed by atoms with Gasteiger partial charge < -0.3 is 23.7 Å². The van der Waals surface area contributed by atoms with Crippen LogP contribution < -0.4 is 29.1 Å². The molecule has 0 fully saturated rings. The number of methoxy groups -OCH3 is 5. The van der Waals surface area contributed by atoms with Gasteiger partial charge in [0.25, 0.3) is 5.91 Å². The van der Waals surface area contributed by atoms with Crippen LogP contribution in [0.4, 0.5) is 0 Å². The van der Waals surface area contributed by atoms with Gasteiger partial charge in [0.2, 0.25) is 0 Å². The summed E-state index contributed by atoms with van der Waals surface area (Å²) in [5.74, 6) is 2.30. The molecule has 0 saturated carbocycles. The number of aromatic nitrogens is 2. The highest BCUT2D eigenvalue weighted by molar-refractivity contribution is 5.94. The fourth-order valence-corrected chi connectivity index (χ4v) is 2.96. The number of amides is 1. The van der Waals surface area contributed by atoms with Crippen LogP contribution >= 0.6 is 0 Å². The van der Waals surface area contributed by atoms with Gasteiger partial charge in [-0.15, -0.1) is 0 Å². The van der Waals surface area contributed by atoms with E-state index in [0.717, 1.165) is 0 Å². The predicted octanol–water partition coefficient (Wildman–Crippen LogP) is 2.88. The summed E-state index contributed by atoms with van der Waals surface area (Å²) in [5.41, 5.74) is 4.48. The summed E-state index contributed by atoms with van der Waals surface area (Å²) in [4.78, 5) is 12.5. The molecule has 1 heterocycles. The van der Waals surface area contributed by atoms with Crippen molar-refractivity contribution in [1.82, 2.24) is 15.6 Å². The van der Waals surface area contributed by atoms with E-state index in [1.807, 2.05) is 0 Å². The lowest BCUT2D eigenvalue weighted by molar-refractivity contribution is 0.0950. The number of aromatic amines is 1. The summed E-state index contributed by atoms with van der Waals surface area (Å²) in [6, 6.07) is 10.3. The molecule has 168 valence electrons. The molecule has 0 spiro atoms. The minimum absolute atomic E-state index is 0.223. The Morgan fingerprint density at radius 3 is 2.22 bits per heavy atom. The smallest absolute Gasteiger partial charge is 0.289 e. The molecular formula is C22H24N4O6. The minimum Gasteiger partial charge on any atom is -0.497 e. The predicted molar refractivity (Wildman–Crippen MR) is 118 cm³/mol. The van der Waals surface area contributed by atoms with E-state index in [0.29, 0.717) is 45.6 Å². The molecule has 2 aromatic carbocycles. The van der Waals surface area contributed by atoms with Gasteiger partial charge in [-0.2, -0.15) is 10.2 Å². The molecule has 10 nitrogen and oxygen atoms in total. The van der Waals surface area contributed by atoms with Gasteiger partial charge in [0.15, 0.2) is 11.5 Å². The lowest BCUT2D eigenvalue weighted by Gasteiger charge is -2.11. The Morgan fingerprint density at radius 2 is 1.56 bits per heavy atom. The lowest BCUT2D eigenvalue weighted by Crippen LogP contribution is -2.18. The van der Waals surface area contributed by atoms with Crippen molar-refractivity contribution in [3.63, 3.8) is 0 Å². The van der Waals surface area contributed by atoms with Crippen LogP contribution in [0.2, 0.25) is 0 Å². The molecule has 32 heavy (non-hydrogen) atoms. The normalized spacial score (nSPS) is 10.7. The van der Waals surface area contributed by atoms with E-state index in [1.54, 1.807) is 50.6 Å². The highest BCUT2D eigenvalue weighted by Crippen LogP contribution is 2.34. The average molecular weight is 440 g/mol. The molecule has 0 aliphatic heterocycles. The first kappa shape index (κ1) is 22.5. The molecule has 0 aliphatic carbocycles. The summed E-state index contributed by atoms with van der Waals surface area (Å²) in [6.07, 6.45) is 1.45. The molecule has 1 aromatic heterocycles. The second-order valence-electron chi connectivity index (χ2n) is 6.38. The topological polar surface area (TPSA) is 116 Å². The number of H-pyrrole nitrogens is 1. The molecule has 0 atom stereocenters. The van der Waals surface area contributed by atoms with Crippen molar-refractivity contribution in [2.45, 2.75) is 0 Å². The number of hydrogen-bond donors (Lipinski definition) is 2.